The van der Waals surface area contributed by atoms with Gasteiger partial charge in [0.05, 0.1) is 26.4 Å². The lowest BCUT2D eigenvalue weighted by molar-refractivity contribution is -0.161. The second-order valence-corrected chi connectivity index (χ2v) is 27.8. The van der Waals surface area contributed by atoms with E-state index < -0.39 is 97.5 Å². The Balaban J connectivity index is 5.39. The van der Waals surface area contributed by atoms with Crippen molar-refractivity contribution < 1.29 is 80.2 Å². The maximum absolute atomic E-state index is 13.1. The number of aliphatic hydroxyl groups excluding tert-OH is 1. The van der Waals surface area contributed by atoms with Gasteiger partial charge < -0.3 is 33.8 Å². The van der Waals surface area contributed by atoms with Crippen LogP contribution in [0, 0.1) is 0 Å². The first-order chi connectivity index (χ1) is 47.7. The summed E-state index contributed by atoms with van der Waals surface area (Å²) < 4.78 is 68.3. The molecule has 3 N–H and O–H groups in total. The molecule has 0 bridgehead atoms. The number of hydrogen-bond acceptors (Lipinski definition) is 15. The van der Waals surface area contributed by atoms with Crippen molar-refractivity contribution >= 4 is 39.5 Å². The number of unbranched alkanes of at least 4 members (excludes halogenated alkanes) is 24. The summed E-state index contributed by atoms with van der Waals surface area (Å²) in [6.07, 6.45) is 76.4. The number of hydrogen-bond donors (Lipinski definition) is 3. The van der Waals surface area contributed by atoms with Crippen LogP contribution in [0.1, 0.15) is 297 Å². The van der Waals surface area contributed by atoms with Gasteiger partial charge in [-0.25, -0.2) is 9.13 Å². The van der Waals surface area contributed by atoms with Gasteiger partial charge in [-0.1, -0.05) is 252 Å². The molecule has 17 nitrogen and oxygen atoms in total. The number of ether oxygens (including phenoxy) is 4. The highest BCUT2D eigenvalue weighted by Gasteiger charge is 2.30. The van der Waals surface area contributed by atoms with Crippen LogP contribution in [-0.4, -0.2) is 96.7 Å². The first kappa shape index (κ1) is 93.5. The number of phosphoric acid groups is 2. The van der Waals surface area contributed by atoms with E-state index in [1.807, 2.05) is 18.2 Å². The van der Waals surface area contributed by atoms with E-state index in [9.17, 15) is 43.2 Å². The van der Waals surface area contributed by atoms with E-state index in [2.05, 4.69) is 131 Å². The van der Waals surface area contributed by atoms with Gasteiger partial charge in [-0.15, -0.1) is 0 Å². The van der Waals surface area contributed by atoms with Crippen LogP contribution < -0.4 is 0 Å². The van der Waals surface area contributed by atoms with E-state index in [1.165, 1.54) is 57.8 Å². The molecule has 5 atom stereocenters. The van der Waals surface area contributed by atoms with Crippen molar-refractivity contribution in [1.82, 2.24) is 0 Å². The number of carbonyl (C=O) groups excluding carboxylic acids is 4. The summed E-state index contributed by atoms with van der Waals surface area (Å²) in [6, 6.07) is 0. The Kier molecular flexibility index (Phi) is 67.6. The molecule has 0 amide bonds. The maximum Gasteiger partial charge on any atom is 0.472 e. The molecule has 0 aromatic heterocycles. The van der Waals surface area contributed by atoms with Gasteiger partial charge in [0.1, 0.15) is 19.3 Å². The Bertz CT molecular complexity index is 2340. The molecule has 98 heavy (non-hydrogen) atoms. The van der Waals surface area contributed by atoms with Gasteiger partial charge in [0, 0.05) is 25.7 Å². The smallest absolute Gasteiger partial charge is 0.462 e. The second-order valence-electron chi connectivity index (χ2n) is 24.8. The summed E-state index contributed by atoms with van der Waals surface area (Å²) in [5, 5.41) is 10.6. The van der Waals surface area contributed by atoms with Crippen molar-refractivity contribution in [2.75, 3.05) is 39.6 Å². The molecule has 0 rings (SSSR count). The minimum atomic E-state index is -4.99. The monoisotopic (exact) mass is 1420 g/mol. The average molecular weight is 1420 g/mol. The first-order valence-electron chi connectivity index (χ1n) is 37.8. The fraction of sp³-hybridized carbons (Fsp3) is 0.696. The standard InChI is InChI=1S/C79H134O17P2/c1-5-9-13-17-21-25-29-32-34-35-36-37-39-42-45-48-52-56-60-64-77(82)90-70-75(96-79(84)66-62-58-54-50-46-40-31-27-23-19-15-11-7-3)72-94-98(87,88)92-68-73(80)67-91-97(85,86)93-71-74(95-78(83)65-61-57-53-49-43-28-24-20-16-12-8-4)69-89-76(81)63-59-55-51-47-44-41-38-33-30-26-22-18-14-10-6-2/h9,13,20-22,24-27,31-34,36-38,42,45,52,56,73-75,80H,5-8,10-12,14-19,23,28-30,35,39-41,43-44,46-51,53-55,57-72H2,1-4H3,(H,85,86)(H,87,88)/b13-9-,24-20-,25-21-,26-22-,31-27-,34-32-,37-36-,38-33-,45-42-,56-52-. The third-order valence-electron chi connectivity index (χ3n) is 15.4. The van der Waals surface area contributed by atoms with Gasteiger partial charge in [0.2, 0.25) is 0 Å². The predicted molar refractivity (Wildman–Crippen MR) is 399 cm³/mol. The fourth-order valence-corrected chi connectivity index (χ4v) is 11.2. The topological polar surface area (TPSA) is 237 Å². The number of carbonyl (C=O) groups is 4. The third kappa shape index (κ3) is 69.9. The van der Waals surface area contributed by atoms with Gasteiger partial charge in [-0.05, 0) is 141 Å². The van der Waals surface area contributed by atoms with Gasteiger partial charge in [0.25, 0.3) is 0 Å². The van der Waals surface area contributed by atoms with Crippen LogP contribution in [0.15, 0.2) is 122 Å². The van der Waals surface area contributed by atoms with Crippen LogP contribution >= 0.6 is 15.6 Å². The van der Waals surface area contributed by atoms with Crippen molar-refractivity contribution in [3.8, 4) is 0 Å². The zero-order chi connectivity index (χ0) is 71.8. The number of esters is 4. The number of aliphatic hydroxyl groups is 1. The molecular formula is C79H134O17P2. The van der Waals surface area contributed by atoms with Gasteiger partial charge in [-0.3, -0.25) is 37.3 Å². The number of allylic oxidation sites excluding steroid dienone is 20. The minimum absolute atomic E-state index is 0.0326. The Morgan fingerprint density at radius 3 is 0.939 bits per heavy atom. The Morgan fingerprint density at radius 2 is 0.561 bits per heavy atom. The molecule has 0 saturated carbocycles. The molecular weight excluding hydrogens is 1280 g/mol. The van der Waals surface area contributed by atoms with E-state index in [4.69, 9.17) is 37.0 Å². The first-order valence-corrected chi connectivity index (χ1v) is 40.8. The van der Waals surface area contributed by atoms with E-state index in [0.717, 1.165) is 154 Å². The highest BCUT2D eigenvalue weighted by molar-refractivity contribution is 7.47. The lowest BCUT2D eigenvalue weighted by atomic mass is 10.1. The lowest BCUT2D eigenvalue weighted by Gasteiger charge is -2.21. The van der Waals surface area contributed by atoms with E-state index >= 15 is 0 Å². The lowest BCUT2D eigenvalue weighted by Crippen LogP contribution is -2.30. The summed E-state index contributed by atoms with van der Waals surface area (Å²) in [5.74, 6) is -2.31. The van der Waals surface area contributed by atoms with E-state index in [-0.39, 0.29) is 25.7 Å². The van der Waals surface area contributed by atoms with Crippen LogP contribution in [0.25, 0.3) is 0 Å². The summed E-state index contributed by atoms with van der Waals surface area (Å²) >= 11 is 0. The Hall–Kier alpha value is -4.54. The summed E-state index contributed by atoms with van der Waals surface area (Å²) in [4.78, 5) is 72.7. The summed E-state index contributed by atoms with van der Waals surface area (Å²) in [6.45, 7) is 4.55. The summed E-state index contributed by atoms with van der Waals surface area (Å²) in [7, 11) is -9.97. The molecule has 5 unspecified atom stereocenters. The van der Waals surface area contributed by atoms with E-state index in [0.29, 0.717) is 32.1 Å². The molecule has 0 aliphatic rings. The van der Waals surface area contributed by atoms with Crippen LogP contribution in [0.2, 0.25) is 0 Å². The van der Waals surface area contributed by atoms with Crippen molar-refractivity contribution in [3.63, 3.8) is 0 Å². The van der Waals surface area contributed by atoms with Crippen molar-refractivity contribution in [2.45, 2.75) is 316 Å². The quantitative estimate of drug-likeness (QED) is 0.0169. The molecule has 562 valence electrons. The minimum Gasteiger partial charge on any atom is -0.462 e. The summed E-state index contributed by atoms with van der Waals surface area (Å²) in [5.41, 5.74) is 0. The van der Waals surface area contributed by atoms with Crippen LogP contribution in [0.4, 0.5) is 0 Å². The van der Waals surface area contributed by atoms with Gasteiger partial charge in [-0.2, -0.15) is 0 Å². The fourth-order valence-electron chi connectivity index (χ4n) is 9.60. The molecule has 0 fully saturated rings. The van der Waals surface area contributed by atoms with Crippen LogP contribution in [0.3, 0.4) is 0 Å². The Morgan fingerprint density at radius 1 is 0.296 bits per heavy atom. The second kappa shape index (κ2) is 70.9. The van der Waals surface area contributed by atoms with Crippen molar-refractivity contribution in [1.29, 1.82) is 0 Å². The van der Waals surface area contributed by atoms with Crippen LogP contribution in [-0.2, 0) is 65.4 Å². The SMILES string of the molecule is CC/C=C\C/C=C\C/C=C\C/C=C\C/C=C\C/C=C\CCC(=O)OCC(COP(=O)(O)OCC(O)COP(=O)(O)OCC(COC(=O)CCCCCCC/C=C\C/C=C\CCCCC)OC(=O)CCCCCCC/C=C\CCCC)OC(=O)CCCCCCC/C=C\CCCCCC. The van der Waals surface area contributed by atoms with Crippen molar-refractivity contribution in [3.05, 3.63) is 122 Å². The Labute approximate surface area is 593 Å². The van der Waals surface area contributed by atoms with Gasteiger partial charge in [0.15, 0.2) is 12.2 Å². The van der Waals surface area contributed by atoms with Crippen LogP contribution in [0.5, 0.6) is 0 Å². The van der Waals surface area contributed by atoms with Crippen molar-refractivity contribution in [2.24, 2.45) is 0 Å². The zero-order valence-corrected chi connectivity index (χ0v) is 63.0. The molecule has 0 aliphatic heterocycles. The highest BCUT2D eigenvalue weighted by Crippen LogP contribution is 2.45. The molecule has 0 spiro atoms. The molecule has 0 heterocycles. The zero-order valence-electron chi connectivity index (χ0n) is 61.2. The van der Waals surface area contributed by atoms with E-state index in [1.54, 1.807) is 0 Å². The molecule has 0 aliphatic carbocycles. The van der Waals surface area contributed by atoms with Gasteiger partial charge >= 0.3 is 39.5 Å². The molecule has 19 heteroatoms. The number of rotatable bonds is 70. The molecule has 0 aromatic rings. The largest absolute Gasteiger partial charge is 0.472 e. The maximum atomic E-state index is 13.1. The molecule has 0 radical (unpaired) electrons. The molecule has 0 aromatic carbocycles. The predicted octanol–water partition coefficient (Wildman–Crippen LogP) is 21.6. The number of phosphoric ester groups is 2. The highest BCUT2D eigenvalue weighted by atomic mass is 31.2. The third-order valence-corrected chi connectivity index (χ3v) is 17.3. The average Bonchev–Trinajstić information content (AvgIpc) is 0.972. The molecule has 0 saturated heterocycles. The normalized spacial score (nSPS) is 14.6.